The monoisotopic (exact) mass is 179 g/mol. The average molecular weight is 179 g/mol. The van der Waals surface area contributed by atoms with E-state index in [9.17, 15) is 8.78 Å². The Balaban J connectivity index is 2.18. The van der Waals surface area contributed by atoms with E-state index >= 15 is 0 Å². The van der Waals surface area contributed by atoms with Gasteiger partial charge in [-0.2, -0.15) is 0 Å². The lowest BCUT2D eigenvalue weighted by atomic mass is 10.0. The largest absolute Gasteiger partial charge is 0.380 e. The number of alkyl halides is 2. The minimum absolute atomic E-state index is 0.0161. The van der Waals surface area contributed by atoms with Crippen LogP contribution >= 0.6 is 0 Å². The van der Waals surface area contributed by atoms with Crippen molar-refractivity contribution in [2.75, 3.05) is 19.8 Å². The van der Waals surface area contributed by atoms with E-state index in [4.69, 9.17) is 4.74 Å². The van der Waals surface area contributed by atoms with Crippen molar-refractivity contribution in [3.8, 4) is 0 Å². The van der Waals surface area contributed by atoms with E-state index in [2.05, 4.69) is 5.32 Å². The third kappa shape index (κ3) is 3.03. The van der Waals surface area contributed by atoms with Gasteiger partial charge in [0.05, 0.1) is 13.2 Å². The maximum absolute atomic E-state index is 12.6. The summed E-state index contributed by atoms with van der Waals surface area (Å²) in [7, 11) is 0. The molecule has 0 aromatic rings. The molecule has 0 bridgehead atoms. The Morgan fingerprint density at radius 2 is 2.33 bits per heavy atom. The Hall–Kier alpha value is -0.220. The lowest BCUT2D eigenvalue weighted by Gasteiger charge is -2.29. The van der Waals surface area contributed by atoms with Gasteiger partial charge in [-0.1, -0.05) is 0 Å². The summed E-state index contributed by atoms with van der Waals surface area (Å²) in [6.45, 7) is 2.89. The van der Waals surface area contributed by atoms with E-state index < -0.39 is 5.92 Å². The molecular formula is C8H15F2NO. The summed E-state index contributed by atoms with van der Waals surface area (Å²) in [6, 6.07) is 0.115. The molecule has 4 heteroatoms. The summed E-state index contributed by atoms with van der Waals surface area (Å²) < 4.78 is 30.3. The van der Waals surface area contributed by atoms with Crippen LogP contribution in [0.5, 0.6) is 0 Å². The summed E-state index contributed by atoms with van der Waals surface area (Å²) >= 11 is 0. The van der Waals surface area contributed by atoms with Crippen LogP contribution < -0.4 is 5.32 Å². The summed E-state index contributed by atoms with van der Waals surface area (Å²) in [5, 5.41) is 2.77. The number of halogens is 2. The quantitative estimate of drug-likeness (QED) is 0.707. The molecule has 1 aliphatic heterocycles. The number of rotatable bonds is 3. The van der Waals surface area contributed by atoms with Gasteiger partial charge in [-0.25, -0.2) is 8.78 Å². The van der Waals surface area contributed by atoms with Crippen LogP contribution in [0.4, 0.5) is 8.78 Å². The second-order valence-corrected chi connectivity index (χ2v) is 3.13. The van der Waals surface area contributed by atoms with Gasteiger partial charge in [0.2, 0.25) is 0 Å². The van der Waals surface area contributed by atoms with Crippen molar-refractivity contribution in [1.82, 2.24) is 5.32 Å². The summed E-state index contributed by atoms with van der Waals surface area (Å²) in [4.78, 5) is 0. The van der Waals surface area contributed by atoms with Crippen LogP contribution in [-0.2, 0) is 4.74 Å². The molecule has 0 saturated carbocycles. The van der Waals surface area contributed by atoms with Crippen LogP contribution in [0.1, 0.15) is 19.8 Å². The van der Waals surface area contributed by atoms with Gasteiger partial charge in [0.1, 0.15) is 0 Å². The van der Waals surface area contributed by atoms with Gasteiger partial charge in [0.25, 0.3) is 5.92 Å². The van der Waals surface area contributed by atoms with E-state index in [-0.39, 0.29) is 19.0 Å². The maximum Gasteiger partial charge on any atom is 0.260 e. The zero-order chi connectivity index (χ0) is 9.03. The van der Waals surface area contributed by atoms with Gasteiger partial charge in [0, 0.05) is 19.1 Å². The zero-order valence-electron chi connectivity index (χ0n) is 7.28. The molecule has 0 spiro atoms. The second kappa shape index (κ2) is 4.14. The molecule has 0 radical (unpaired) electrons. The fourth-order valence-electron chi connectivity index (χ4n) is 1.27. The lowest BCUT2D eigenvalue weighted by molar-refractivity contribution is -0.0382. The number of nitrogens with one attached hydrogen (secondary N) is 1. The topological polar surface area (TPSA) is 21.3 Å². The van der Waals surface area contributed by atoms with E-state index in [0.717, 1.165) is 0 Å². The van der Waals surface area contributed by atoms with Crippen molar-refractivity contribution in [3.05, 3.63) is 0 Å². The lowest BCUT2D eigenvalue weighted by Crippen LogP contribution is -2.47. The Kier molecular flexibility index (Phi) is 3.40. The Morgan fingerprint density at radius 1 is 1.58 bits per heavy atom. The number of piperidine rings is 1. The third-order valence-electron chi connectivity index (χ3n) is 2.03. The Labute approximate surface area is 71.3 Å². The molecule has 1 unspecified atom stereocenters. The first kappa shape index (κ1) is 9.86. The van der Waals surface area contributed by atoms with Crippen molar-refractivity contribution in [1.29, 1.82) is 0 Å². The summed E-state index contributed by atoms with van der Waals surface area (Å²) in [6.07, 6.45) is 0.491. The van der Waals surface area contributed by atoms with Gasteiger partial charge < -0.3 is 10.1 Å². The van der Waals surface area contributed by atoms with Crippen LogP contribution in [0.3, 0.4) is 0 Å². The smallest absolute Gasteiger partial charge is 0.260 e. The predicted octanol–water partition coefficient (Wildman–Crippen LogP) is 1.41. The van der Waals surface area contributed by atoms with Crippen molar-refractivity contribution >= 4 is 0 Å². The molecule has 1 saturated heterocycles. The molecule has 1 N–H and O–H groups in total. The molecule has 72 valence electrons. The van der Waals surface area contributed by atoms with Crippen molar-refractivity contribution in [2.45, 2.75) is 31.7 Å². The Bertz CT molecular complexity index is 131. The Morgan fingerprint density at radius 3 is 2.83 bits per heavy atom. The van der Waals surface area contributed by atoms with E-state index in [1.165, 1.54) is 0 Å². The van der Waals surface area contributed by atoms with Crippen LogP contribution in [0, 0.1) is 0 Å². The highest BCUT2D eigenvalue weighted by Crippen LogP contribution is 2.24. The number of hydrogen-bond donors (Lipinski definition) is 1. The molecule has 12 heavy (non-hydrogen) atoms. The highest BCUT2D eigenvalue weighted by Gasteiger charge is 2.34. The molecule has 0 aliphatic carbocycles. The molecule has 1 heterocycles. The van der Waals surface area contributed by atoms with Crippen molar-refractivity contribution < 1.29 is 13.5 Å². The molecule has 0 aromatic carbocycles. The first-order valence-corrected chi connectivity index (χ1v) is 4.33. The SMILES string of the molecule is CCOCC1CCC(F)(F)CN1. The molecule has 0 aromatic heterocycles. The number of ether oxygens (including phenoxy) is 1. The normalized spacial score (nSPS) is 28.8. The molecule has 1 aliphatic rings. The van der Waals surface area contributed by atoms with Gasteiger partial charge in [-0.05, 0) is 13.3 Å². The molecular weight excluding hydrogens is 164 g/mol. The van der Waals surface area contributed by atoms with Gasteiger partial charge in [0.15, 0.2) is 0 Å². The van der Waals surface area contributed by atoms with E-state index in [1.54, 1.807) is 0 Å². The number of hydrogen-bond acceptors (Lipinski definition) is 2. The summed E-state index contributed by atoms with van der Waals surface area (Å²) in [5.41, 5.74) is 0. The van der Waals surface area contributed by atoms with Crippen LogP contribution in [0.25, 0.3) is 0 Å². The van der Waals surface area contributed by atoms with Crippen LogP contribution in [0.2, 0.25) is 0 Å². The molecule has 1 rings (SSSR count). The third-order valence-corrected chi connectivity index (χ3v) is 2.03. The first-order valence-electron chi connectivity index (χ1n) is 4.33. The van der Waals surface area contributed by atoms with Gasteiger partial charge in [-0.15, -0.1) is 0 Å². The highest BCUT2D eigenvalue weighted by molar-refractivity contribution is 4.82. The van der Waals surface area contributed by atoms with Crippen LogP contribution in [0.15, 0.2) is 0 Å². The fraction of sp³-hybridized carbons (Fsp3) is 1.00. The van der Waals surface area contributed by atoms with Crippen molar-refractivity contribution in [3.63, 3.8) is 0 Å². The molecule has 2 nitrogen and oxygen atoms in total. The van der Waals surface area contributed by atoms with E-state index in [0.29, 0.717) is 19.6 Å². The highest BCUT2D eigenvalue weighted by atomic mass is 19.3. The molecule has 1 fully saturated rings. The zero-order valence-corrected chi connectivity index (χ0v) is 7.28. The molecule has 0 amide bonds. The second-order valence-electron chi connectivity index (χ2n) is 3.13. The van der Waals surface area contributed by atoms with Crippen molar-refractivity contribution in [2.24, 2.45) is 0 Å². The predicted molar refractivity (Wildman–Crippen MR) is 42.5 cm³/mol. The summed E-state index contributed by atoms with van der Waals surface area (Å²) in [5.74, 6) is -2.51. The minimum atomic E-state index is -2.51. The molecule has 1 atom stereocenters. The van der Waals surface area contributed by atoms with E-state index in [1.807, 2.05) is 6.92 Å². The van der Waals surface area contributed by atoms with Crippen LogP contribution in [-0.4, -0.2) is 31.7 Å². The van der Waals surface area contributed by atoms with Gasteiger partial charge in [-0.3, -0.25) is 0 Å². The standard InChI is InChI=1S/C8H15F2NO/c1-2-12-5-7-3-4-8(9,10)6-11-7/h7,11H,2-6H2,1H3. The fourth-order valence-corrected chi connectivity index (χ4v) is 1.27. The minimum Gasteiger partial charge on any atom is -0.380 e. The van der Waals surface area contributed by atoms with Gasteiger partial charge >= 0.3 is 0 Å². The maximum atomic E-state index is 12.6. The average Bonchev–Trinajstić information content (AvgIpc) is 2.03. The first-order chi connectivity index (χ1) is 5.64.